The molecular formula is C14H28O4Si. The van der Waals surface area contributed by atoms with Crippen molar-refractivity contribution >= 4 is 20.1 Å². The van der Waals surface area contributed by atoms with Gasteiger partial charge < -0.3 is 9.16 Å². The predicted molar refractivity (Wildman–Crippen MR) is 78.6 cm³/mol. The Kier molecular flexibility index (Phi) is 6.93. The van der Waals surface area contributed by atoms with Gasteiger partial charge in [-0.05, 0) is 24.6 Å². The number of esters is 1. The molecule has 0 radical (unpaired) electrons. The summed E-state index contributed by atoms with van der Waals surface area (Å²) in [5.41, 5.74) is 0. The van der Waals surface area contributed by atoms with Gasteiger partial charge in [-0.3, -0.25) is 9.59 Å². The summed E-state index contributed by atoms with van der Waals surface area (Å²) in [6, 6.07) is 0. The molecule has 0 rings (SSSR count). The van der Waals surface area contributed by atoms with Crippen molar-refractivity contribution in [3.63, 3.8) is 0 Å². The molecular weight excluding hydrogens is 260 g/mol. The van der Waals surface area contributed by atoms with Gasteiger partial charge in [0.15, 0.2) is 8.32 Å². The maximum atomic E-state index is 11.8. The minimum Gasteiger partial charge on any atom is -0.469 e. The van der Waals surface area contributed by atoms with Gasteiger partial charge in [0.2, 0.25) is 0 Å². The van der Waals surface area contributed by atoms with Crippen molar-refractivity contribution in [2.24, 2.45) is 0 Å². The summed E-state index contributed by atoms with van der Waals surface area (Å²) in [5.74, 6) is -0.593. The zero-order valence-electron chi connectivity index (χ0n) is 13.3. The molecule has 0 aliphatic carbocycles. The predicted octanol–water partition coefficient (Wildman–Crippen LogP) is 3.31. The maximum Gasteiger partial charge on any atom is 0.313 e. The highest BCUT2D eigenvalue weighted by Gasteiger charge is 2.39. The second kappa shape index (κ2) is 7.19. The van der Waals surface area contributed by atoms with Crippen molar-refractivity contribution in [3.05, 3.63) is 0 Å². The minimum atomic E-state index is -1.87. The molecule has 0 aliphatic rings. The lowest BCUT2D eigenvalue weighted by Gasteiger charge is -2.39. The van der Waals surface area contributed by atoms with Crippen LogP contribution in [0.25, 0.3) is 0 Å². The van der Waals surface area contributed by atoms with Gasteiger partial charge in [-0.1, -0.05) is 27.7 Å². The third-order valence-corrected chi connectivity index (χ3v) is 8.28. The number of hydrogen-bond acceptors (Lipinski definition) is 4. The maximum absolute atomic E-state index is 11.8. The van der Waals surface area contributed by atoms with E-state index < -0.39 is 14.3 Å². The van der Waals surface area contributed by atoms with Gasteiger partial charge in [0.1, 0.15) is 12.2 Å². The van der Waals surface area contributed by atoms with E-state index in [1.807, 2.05) is 6.92 Å². The van der Waals surface area contributed by atoms with E-state index in [1.54, 1.807) is 0 Å². The first-order valence-electron chi connectivity index (χ1n) is 6.79. The molecule has 1 unspecified atom stereocenters. The van der Waals surface area contributed by atoms with Gasteiger partial charge in [-0.2, -0.15) is 0 Å². The van der Waals surface area contributed by atoms with Gasteiger partial charge in [0.25, 0.3) is 0 Å². The van der Waals surface area contributed by atoms with Crippen LogP contribution >= 0.6 is 0 Å². The van der Waals surface area contributed by atoms with Gasteiger partial charge in [-0.25, -0.2) is 0 Å². The Bertz CT molecular complexity index is 318. The molecule has 19 heavy (non-hydrogen) atoms. The summed E-state index contributed by atoms with van der Waals surface area (Å²) >= 11 is 0. The molecule has 0 aromatic heterocycles. The zero-order valence-corrected chi connectivity index (χ0v) is 14.3. The molecule has 0 spiro atoms. The quantitative estimate of drug-likeness (QED) is 0.410. The van der Waals surface area contributed by atoms with Crippen LogP contribution in [0.2, 0.25) is 18.1 Å². The van der Waals surface area contributed by atoms with Crippen LogP contribution in [0.4, 0.5) is 0 Å². The lowest BCUT2D eigenvalue weighted by atomic mass is 10.1. The lowest BCUT2D eigenvalue weighted by Crippen LogP contribution is -2.44. The van der Waals surface area contributed by atoms with Crippen molar-refractivity contribution in [1.29, 1.82) is 0 Å². The Balaban J connectivity index is 4.53. The van der Waals surface area contributed by atoms with Crippen LogP contribution in [-0.4, -0.2) is 33.3 Å². The SMILES string of the molecule is CCC(CC(=O)CC(=O)OC)O[Si](C)(C)C(C)(C)C. The normalized spacial score (nSPS) is 14.1. The number of rotatable bonds is 7. The van der Waals surface area contributed by atoms with E-state index >= 15 is 0 Å². The molecule has 0 saturated carbocycles. The average Bonchev–Trinajstić information content (AvgIpc) is 2.25. The second-order valence-corrected chi connectivity index (χ2v) is 11.2. The van der Waals surface area contributed by atoms with Crippen molar-refractivity contribution in [2.75, 3.05) is 7.11 Å². The lowest BCUT2D eigenvalue weighted by molar-refractivity contribution is -0.143. The van der Waals surface area contributed by atoms with Gasteiger partial charge in [0, 0.05) is 6.42 Å². The van der Waals surface area contributed by atoms with E-state index in [1.165, 1.54) is 7.11 Å². The van der Waals surface area contributed by atoms with Crippen molar-refractivity contribution < 1.29 is 18.8 Å². The summed E-state index contributed by atoms with van der Waals surface area (Å²) in [4.78, 5) is 22.8. The Hall–Kier alpha value is -0.683. The van der Waals surface area contributed by atoms with Gasteiger partial charge >= 0.3 is 5.97 Å². The molecule has 0 saturated heterocycles. The molecule has 112 valence electrons. The highest BCUT2D eigenvalue weighted by molar-refractivity contribution is 6.74. The topological polar surface area (TPSA) is 52.6 Å². The fraction of sp³-hybridized carbons (Fsp3) is 0.857. The summed E-state index contributed by atoms with van der Waals surface area (Å²) in [6.07, 6.45) is 0.809. The second-order valence-electron chi connectivity index (χ2n) is 6.40. The van der Waals surface area contributed by atoms with E-state index in [-0.39, 0.29) is 29.8 Å². The van der Waals surface area contributed by atoms with E-state index in [9.17, 15) is 9.59 Å². The summed E-state index contributed by atoms with van der Waals surface area (Å²) < 4.78 is 10.7. The fourth-order valence-corrected chi connectivity index (χ4v) is 2.86. The standard InChI is InChI=1S/C14H28O4Si/c1-8-12(9-11(15)10-13(16)17-5)18-19(6,7)14(2,3)4/h12H,8-10H2,1-7H3. The van der Waals surface area contributed by atoms with Crippen LogP contribution in [0, 0.1) is 0 Å². The van der Waals surface area contributed by atoms with Crippen LogP contribution in [0.1, 0.15) is 47.0 Å². The molecule has 5 heteroatoms. The van der Waals surface area contributed by atoms with Crippen molar-refractivity contribution in [2.45, 2.75) is 71.2 Å². The summed E-state index contributed by atoms with van der Waals surface area (Å²) in [5, 5.41) is 0.117. The molecule has 0 heterocycles. The highest BCUT2D eigenvalue weighted by Crippen LogP contribution is 2.38. The van der Waals surface area contributed by atoms with Gasteiger partial charge in [-0.15, -0.1) is 0 Å². The molecule has 0 aromatic rings. The first-order valence-corrected chi connectivity index (χ1v) is 9.70. The number of hydrogen-bond donors (Lipinski definition) is 0. The van der Waals surface area contributed by atoms with Crippen molar-refractivity contribution in [1.82, 2.24) is 0 Å². The first-order chi connectivity index (χ1) is 8.53. The number of ketones is 1. The molecule has 0 N–H and O–H groups in total. The van der Waals surface area contributed by atoms with Crippen LogP contribution in [0.5, 0.6) is 0 Å². The smallest absolute Gasteiger partial charge is 0.313 e. The molecule has 0 aromatic carbocycles. The third kappa shape index (κ3) is 6.34. The molecule has 4 nitrogen and oxygen atoms in total. The minimum absolute atomic E-state index is 0.0990. The molecule has 1 atom stereocenters. The number of Topliss-reactive ketones (excluding diaryl/α,β-unsaturated/α-hetero) is 1. The summed E-state index contributed by atoms with van der Waals surface area (Å²) in [7, 11) is -0.582. The van der Waals surface area contributed by atoms with E-state index in [0.29, 0.717) is 0 Å². The van der Waals surface area contributed by atoms with E-state index in [2.05, 4.69) is 38.6 Å². The van der Waals surface area contributed by atoms with Crippen molar-refractivity contribution in [3.8, 4) is 0 Å². The van der Waals surface area contributed by atoms with Crippen LogP contribution in [-0.2, 0) is 18.8 Å². The molecule has 0 aliphatic heterocycles. The van der Waals surface area contributed by atoms with Gasteiger partial charge in [0.05, 0.1) is 13.2 Å². The fourth-order valence-electron chi connectivity index (χ4n) is 1.42. The van der Waals surface area contributed by atoms with Crippen LogP contribution < -0.4 is 0 Å². The molecule has 0 amide bonds. The third-order valence-electron chi connectivity index (χ3n) is 3.75. The molecule has 0 bridgehead atoms. The summed E-state index contributed by atoms with van der Waals surface area (Å²) in [6.45, 7) is 12.8. The largest absolute Gasteiger partial charge is 0.469 e. The average molecular weight is 288 g/mol. The Morgan fingerprint density at radius 1 is 1.21 bits per heavy atom. The molecule has 0 fully saturated rings. The number of carbonyl (C=O) groups is 2. The van der Waals surface area contributed by atoms with E-state index in [0.717, 1.165) is 6.42 Å². The van der Waals surface area contributed by atoms with E-state index in [4.69, 9.17) is 4.43 Å². The first kappa shape index (κ1) is 18.3. The Morgan fingerprint density at radius 3 is 2.11 bits per heavy atom. The zero-order chi connectivity index (χ0) is 15.3. The monoisotopic (exact) mass is 288 g/mol. The number of methoxy groups -OCH3 is 1. The number of carbonyl (C=O) groups excluding carboxylic acids is 2. The highest BCUT2D eigenvalue weighted by atomic mass is 28.4. The Morgan fingerprint density at radius 2 is 1.74 bits per heavy atom. The Labute approximate surface area is 118 Å². The van der Waals surface area contributed by atoms with Crippen LogP contribution in [0.3, 0.4) is 0 Å². The van der Waals surface area contributed by atoms with Crippen LogP contribution in [0.15, 0.2) is 0 Å². The number of ether oxygens (including phenoxy) is 1.